The van der Waals surface area contributed by atoms with E-state index in [0.29, 0.717) is 23.5 Å². The van der Waals surface area contributed by atoms with Gasteiger partial charge in [0.2, 0.25) is 0 Å². The first-order valence-corrected chi connectivity index (χ1v) is 8.15. The van der Waals surface area contributed by atoms with Crippen LogP contribution in [-0.2, 0) is 9.59 Å². The van der Waals surface area contributed by atoms with E-state index in [0.717, 1.165) is 0 Å². The number of ether oxygens (including phenoxy) is 3. The Hall–Kier alpha value is -3.55. The minimum absolute atomic E-state index is 0.0162. The van der Waals surface area contributed by atoms with Crippen LogP contribution in [-0.4, -0.2) is 44.5 Å². The summed E-state index contributed by atoms with van der Waals surface area (Å²) in [6, 6.07) is 11.5. The Morgan fingerprint density at radius 1 is 1.30 bits per heavy atom. The molecule has 0 saturated carbocycles. The molecule has 1 unspecified atom stereocenters. The van der Waals surface area contributed by atoms with Crippen molar-refractivity contribution in [1.82, 2.24) is 0 Å². The number of anilines is 1. The number of hydrogen-bond donors (Lipinski definition) is 1. The lowest BCUT2D eigenvalue weighted by Gasteiger charge is -2.33. The average molecular weight is 370 g/mol. The van der Waals surface area contributed by atoms with Crippen LogP contribution < -0.4 is 24.8 Å². The maximum Gasteiger partial charge on any atom is 0.265 e. The molecule has 0 saturated heterocycles. The number of carbonyl (C=O) groups is 3. The van der Waals surface area contributed by atoms with Gasteiger partial charge in [0.1, 0.15) is 17.2 Å². The number of aldehydes is 1. The van der Waals surface area contributed by atoms with Crippen LogP contribution in [0.5, 0.6) is 17.2 Å². The molecule has 2 aromatic carbocycles. The highest BCUT2D eigenvalue weighted by Gasteiger charge is 2.32. The predicted octanol–water partition coefficient (Wildman–Crippen LogP) is 1.17. The Bertz CT molecular complexity index is 882. The van der Waals surface area contributed by atoms with E-state index in [9.17, 15) is 14.4 Å². The van der Waals surface area contributed by atoms with Crippen molar-refractivity contribution in [2.45, 2.75) is 6.10 Å². The van der Waals surface area contributed by atoms with Crippen LogP contribution in [0.15, 0.2) is 42.5 Å². The summed E-state index contributed by atoms with van der Waals surface area (Å²) in [4.78, 5) is 36.9. The smallest absolute Gasteiger partial charge is 0.265 e. The Kier molecular flexibility index (Phi) is 5.25. The number of fused-ring (bicyclic) bond motifs is 1. The van der Waals surface area contributed by atoms with E-state index in [1.54, 1.807) is 36.4 Å². The zero-order valence-electron chi connectivity index (χ0n) is 14.6. The molecule has 1 atom stereocenters. The van der Waals surface area contributed by atoms with Crippen LogP contribution in [0.25, 0.3) is 0 Å². The van der Waals surface area contributed by atoms with Gasteiger partial charge in [-0.05, 0) is 30.3 Å². The summed E-state index contributed by atoms with van der Waals surface area (Å²) in [5.74, 6) is 0.0829. The van der Waals surface area contributed by atoms with Crippen LogP contribution in [0.1, 0.15) is 10.4 Å². The standard InChI is InChI=1S/C19H18N2O6/c1-25-13-6-7-15(12(8-13)10-22)26-11-18(23)21-9-17(19(20)24)27-16-5-3-2-4-14(16)21/h2-8,10,17H,9,11H2,1H3,(H2,20,24). The Morgan fingerprint density at radius 2 is 2.07 bits per heavy atom. The van der Waals surface area contributed by atoms with Gasteiger partial charge in [-0.25, -0.2) is 0 Å². The van der Waals surface area contributed by atoms with Gasteiger partial charge in [0.15, 0.2) is 19.0 Å². The molecule has 1 aliphatic rings. The molecule has 27 heavy (non-hydrogen) atoms. The number of nitrogens with two attached hydrogens (primary N) is 1. The molecule has 0 fully saturated rings. The summed E-state index contributed by atoms with van der Waals surface area (Å²) in [5.41, 5.74) is 6.12. The predicted molar refractivity (Wildman–Crippen MR) is 96.3 cm³/mol. The van der Waals surface area contributed by atoms with Crippen LogP contribution in [0.2, 0.25) is 0 Å². The van der Waals surface area contributed by atoms with E-state index in [1.807, 2.05) is 0 Å². The summed E-state index contributed by atoms with van der Waals surface area (Å²) < 4.78 is 16.1. The molecular weight excluding hydrogens is 352 g/mol. The zero-order chi connectivity index (χ0) is 19.4. The number of para-hydroxylation sites is 2. The third-order valence-electron chi connectivity index (χ3n) is 4.09. The van der Waals surface area contributed by atoms with Crippen LogP contribution >= 0.6 is 0 Å². The number of primary amides is 1. The number of carbonyl (C=O) groups excluding carboxylic acids is 3. The van der Waals surface area contributed by atoms with Crippen molar-refractivity contribution in [3.8, 4) is 17.2 Å². The van der Waals surface area contributed by atoms with Crippen LogP contribution in [0.3, 0.4) is 0 Å². The van der Waals surface area contributed by atoms with Crippen LogP contribution in [0.4, 0.5) is 5.69 Å². The number of methoxy groups -OCH3 is 1. The van der Waals surface area contributed by atoms with E-state index in [4.69, 9.17) is 19.9 Å². The lowest BCUT2D eigenvalue weighted by atomic mass is 10.1. The molecule has 3 rings (SSSR count). The SMILES string of the molecule is COc1ccc(OCC(=O)N2CC(C(N)=O)Oc3ccccc32)c(C=O)c1. The molecule has 8 heteroatoms. The highest BCUT2D eigenvalue weighted by molar-refractivity contribution is 5.98. The zero-order valence-corrected chi connectivity index (χ0v) is 14.6. The first-order chi connectivity index (χ1) is 13.0. The largest absolute Gasteiger partial charge is 0.497 e. The first kappa shape index (κ1) is 18.2. The fourth-order valence-corrected chi connectivity index (χ4v) is 2.71. The topological polar surface area (TPSA) is 108 Å². The third kappa shape index (κ3) is 3.84. The fourth-order valence-electron chi connectivity index (χ4n) is 2.71. The van der Waals surface area contributed by atoms with E-state index >= 15 is 0 Å². The molecule has 0 bridgehead atoms. The van der Waals surface area contributed by atoms with Gasteiger partial charge in [0.05, 0.1) is 24.9 Å². The summed E-state index contributed by atoms with van der Waals surface area (Å²) in [6.45, 7) is -0.343. The molecule has 0 aromatic heterocycles. The monoisotopic (exact) mass is 370 g/mol. The minimum Gasteiger partial charge on any atom is -0.497 e. The molecule has 140 valence electrons. The second kappa shape index (κ2) is 7.77. The van der Waals surface area contributed by atoms with Gasteiger partial charge < -0.3 is 24.8 Å². The highest BCUT2D eigenvalue weighted by Crippen LogP contribution is 2.33. The Morgan fingerprint density at radius 3 is 2.78 bits per heavy atom. The van der Waals surface area contributed by atoms with Gasteiger partial charge in [0.25, 0.3) is 11.8 Å². The van der Waals surface area contributed by atoms with Crippen molar-refractivity contribution < 1.29 is 28.6 Å². The number of hydrogen-bond acceptors (Lipinski definition) is 6. The normalized spacial score (nSPS) is 15.3. The second-order valence-electron chi connectivity index (χ2n) is 5.79. The van der Waals surface area contributed by atoms with Gasteiger partial charge >= 0.3 is 0 Å². The van der Waals surface area contributed by atoms with Crippen molar-refractivity contribution in [2.24, 2.45) is 5.73 Å². The lowest BCUT2D eigenvalue weighted by Crippen LogP contribution is -2.50. The molecule has 0 aliphatic carbocycles. The Labute approximate surface area is 155 Å². The summed E-state index contributed by atoms with van der Waals surface area (Å²) in [5, 5.41) is 0. The van der Waals surface area contributed by atoms with E-state index < -0.39 is 17.9 Å². The Balaban J connectivity index is 1.78. The molecule has 2 aromatic rings. The van der Waals surface area contributed by atoms with Crippen molar-refractivity contribution in [3.63, 3.8) is 0 Å². The maximum absolute atomic E-state index is 12.7. The average Bonchev–Trinajstić information content (AvgIpc) is 2.70. The summed E-state index contributed by atoms with van der Waals surface area (Å²) in [7, 11) is 1.49. The van der Waals surface area contributed by atoms with E-state index in [-0.39, 0.29) is 24.5 Å². The summed E-state index contributed by atoms with van der Waals surface area (Å²) in [6.07, 6.45) is -0.328. The van der Waals surface area contributed by atoms with Crippen molar-refractivity contribution >= 4 is 23.8 Å². The fraction of sp³-hybridized carbons (Fsp3) is 0.211. The van der Waals surface area contributed by atoms with Crippen molar-refractivity contribution in [3.05, 3.63) is 48.0 Å². The van der Waals surface area contributed by atoms with Gasteiger partial charge in [0, 0.05) is 0 Å². The van der Waals surface area contributed by atoms with Gasteiger partial charge in [-0.3, -0.25) is 14.4 Å². The summed E-state index contributed by atoms with van der Waals surface area (Å²) >= 11 is 0. The highest BCUT2D eigenvalue weighted by atomic mass is 16.5. The number of nitrogens with zero attached hydrogens (tertiary/aromatic N) is 1. The lowest BCUT2D eigenvalue weighted by molar-refractivity contribution is -0.125. The molecular formula is C19H18N2O6. The molecule has 1 aliphatic heterocycles. The molecule has 0 spiro atoms. The second-order valence-corrected chi connectivity index (χ2v) is 5.79. The number of benzene rings is 2. The minimum atomic E-state index is -0.949. The van der Waals surface area contributed by atoms with Gasteiger partial charge in [-0.15, -0.1) is 0 Å². The van der Waals surface area contributed by atoms with Gasteiger partial charge in [-0.2, -0.15) is 0 Å². The van der Waals surface area contributed by atoms with E-state index in [2.05, 4.69) is 0 Å². The molecule has 2 N–H and O–H groups in total. The van der Waals surface area contributed by atoms with Crippen molar-refractivity contribution in [2.75, 3.05) is 25.2 Å². The quantitative estimate of drug-likeness (QED) is 0.765. The molecule has 1 heterocycles. The first-order valence-electron chi connectivity index (χ1n) is 8.15. The van der Waals surface area contributed by atoms with Crippen molar-refractivity contribution in [1.29, 1.82) is 0 Å². The maximum atomic E-state index is 12.7. The molecule has 8 nitrogen and oxygen atoms in total. The molecule has 2 amide bonds. The third-order valence-corrected chi connectivity index (χ3v) is 4.09. The number of amides is 2. The van der Waals surface area contributed by atoms with Gasteiger partial charge in [-0.1, -0.05) is 12.1 Å². The number of rotatable bonds is 6. The van der Waals surface area contributed by atoms with Crippen LogP contribution in [0, 0.1) is 0 Å². The van der Waals surface area contributed by atoms with E-state index in [1.165, 1.54) is 18.1 Å². The molecule has 0 radical (unpaired) electrons.